The van der Waals surface area contributed by atoms with E-state index in [0.29, 0.717) is 6.04 Å². The Hall–Kier alpha value is -1.65. The van der Waals surface area contributed by atoms with Crippen molar-refractivity contribution in [2.24, 2.45) is 0 Å². The summed E-state index contributed by atoms with van der Waals surface area (Å²) in [6.45, 7) is 5.34. The van der Waals surface area contributed by atoms with Gasteiger partial charge < -0.3 is 5.32 Å². The van der Waals surface area contributed by atoms with Crippen molar-refractivity contribution in [3.8, 4) is 5.69 Å². The summed E-state index contributed by atoms with van der Waals surface area (Å²) >= 11 is 0. The summed E-state index contributed by atoms with van der Waals surface area (Å²) in [5, 5.41) is 3.41. The number of nitrogens with one attached hydrogen (secondary N) is 1. The molecule has 1 atom stereocenters. The molecule has 0 amide bonds. The quantitative estimate of drug-likeness (QED) is 0.935. The Balaban J connectivity index is 1.80. The molecular weight excluding hydrogens is 260 g/mol. The maximum Gasteiger partial charge on any atom is 0.110 e. The van der Waals surface area contributed by atoms with Crippen LogP contribution in [0.4, 0.5) is 0 Å². The number of hydrogen-bond acceptors (Lipinski definition) is 3. The van der Waals surface area contributed by atoms with Gasteiger partial charge in [-0.1, -0.05) is 18.2 Å². The molecule has 4 heteroatoms. The molecule has 1 fully saturated rings. The summed E-state index contributed by atoms with van der Waals surface area (Å²) < 4.78 is 2.27. The lowest BCUT2D eigenvalue weighted by atomic mass is 10.1. The predicted octanol–water partition coefficient (Wildman–Crippen LogP) is 2.36. The fourth-order valence-electron chi connectivity index (χ4n) is 3.20. The average Bonchev–Trinajstić information content (AvgIpc) is 2.89. The van der Waals surface area contributed by atoms with E-state index in [-0.39, 0.29) is 0 Å². The summed E-state index contributed by atoms with van der Waals surface area (Å²) in [6, 6.07) is 11.1. The summed E-state index contributed by atoms with van der Waals surface area (Å²) in [7, 11) is 2.06. The Labute approximate surface area is 126 Å². The number of rotatable bonds is 4. The van der Waals surface area contributed by atoms with Crippen LogP contribution in [0.15, 0.2) is 36.5 Å². The number of aryl methyl sites for hydroxylation is 1. The number of piperidine rings is 1. The van der Waals surface area contributed by atoms with Gasteiger partial charge >= 0.3 is 0 Å². The number of para-hydroxylation sites is 1. The maximum atomic E-state index is 4.52. The molecule has 1 aromatic carbocycles. The highest BCUT2D eigenvalue weighted by molar-refractivity contribution is 5.35. The van der Waals surface area contributed by atoms with Crippen molar-refractivity contribution in [1.29, 1.82) is 0 Å². The topological polar surface area (TPSA) is 33.1 Å². The molecule has 1 aliphatic heterocycles. The summed E-state index contributed by atoms with van der Waals surface area (Å²) in [6.07, 6.45) is 4.57. The first kappa shape index (κ1) is 14.3. The lowest BCUT2D eigenvalue weighted by molar-refractivity contribution is 0.185. The molecule has 112 valence electrons. The fourth-order valence-corrected chi connectivity index (χ4v) is 3.20. The second kappa shape index (κ2) is 6.41. The molecule has 2 heterocycles. The Morgan fingerprint density at radius 2 is 2.10 bits per heavy atom. The van der Waals surface area contributed by atoms with Gasteiger partial charge in [0, 0.05) is 24.8 Å². The number of likely N-dealkylation sites (tertiary alicyclic amines) is 1. The largest absolute Gasteiger partial charge is 0.316 e. The molecule has 1 aliphatic rings. The van der Waals surface area contributed by atoms with Crippen LogP contribution in [0.2, 0.25) is 0 Å². The predicted molar refractivity (Wildman–Crippen MR) is 85.7 cm³/mol. The van der Waals surface area contributed by atoms with E-state index in [9.17, 15) is 0 Å². The standard InChI is InChI=1S/C17H24N4/c1-14-19-11-17(21(14)16-8-4-3-5-9-16)13-20-10-6-7-15(12-20)18-2/h3-5,8-9,11,15,18H,6-7,10,12-13H2,1-2H3. The second-order valence-corrected chi connectivity index (χ2v) is 5.83. The first-order valence-electron chi connectivity index (χ1n) is 7.76. The molecule has 0 radical (unpaired) electrons. The summed E-state index contributed by atoms with van der Waals surface area (Å²) in [5.41, 5.74) is 2.47. The molecule has 1 saturated heterocycles. The van der Waals surface area contributed by atoms with Crippen LogP contribution in [0.3, 0.4) is 0 Å². The third kappa shape index (κ3) is 3.17. The summed E-state index contributed by atoms with van der Waals surface area (Å²) in [5.74, 6) is 1.05. The Bertz CT molecular complexity index is 576. The third-order valence-electron chi connectivity index (χ3n) is 4.32. The zero-order chi connectivity index (χ0) is 14.7. The SMILES string of the molecule is CNC1CCCN(Cc2cnc(C)n2-c2ccccc2)C1. The minimum atomic E-state index is 0.618. The lowest BCUT2D eigenvalue weighted by Gasteiger charge is -2.32. The van der Waals surface area contributed by atoms with Crippen molar-refractivity contribution < 1.29 is 0 Å². The first-order valence-corrected chi connectivity index (χ1v) is 7.76. The van der Waals surface area contributed by atoms with Gasteiger partial charge in [0.25, 0.3) is 0 Å². The number of benzene rings is 1. The van der Waals surface area contributed by atoms with E-state index in [0.717, 1.165) is 18.9 Å². The molecule has 0 bridgehead atoms. The van der Waals surface area contributed by atoms with Crippen LogP contribution in [-0.2, 0) is 6.54 Å². The molecule has 4 nitrogen and oxygen atoms in total. The van der Waals surface area contributed by atoms with Crippen LogP contribution in [-0.4, -0.2) is 40.6 Å². The number of likely N-dealkylation sites (N-methyl/N-ethyl adjacent to an activating group) is 1. The van der Waals surface area contributed by atoms with Crippen molar-refractivity contribution in [3.63, 3.8) is 0 Å². The first-order chi connectivity index (χ1) is 10.3. The van der Waals surface area contributed by atoms with Crippen LogP contribution >= 0.6 is 0 Å². The minimum absolute atomic E-state index is 0.618. The Kier molecular flexibility index (Phi) is 4.36. The van der Waals surface area contributed by atoms with Crippen molar-refractivity contribution in [1.82, 2.24) is 19.8 Å². The third-order valence-corrected chi connectivity index (χ3v) is 4.32. The minimum Gasteiger partial charge on any atom is -0.316 e. The highest BCUT2D eigenvalue weighted by atomic mass is 15.2. The van der Waals surface area contributed by atoms with E-state index in [2.05, 4.69) is 64.1 Å². The zero-order valence-electron chi connectivity index (χ0n) is 12.9. The van der Waals surface area contributed by atoms with Gasteiger partial charge in [-0.15, -0.1) is 0 Å². The fraction of sp³-hybridized carbons (Fsp3) is 0.471. The highest BCUT2D eigenvalue weighted by Crippen LogP contribution is 2.18. The van der Waals surface area contributed by atoms with Crippen LogP contribution in [0.1, 0.15) is 24.4 Å². The molecule has 0 spiro atoms. The van der Waals surface area contributed by atoms with Crippen molar-refractivity contribution >= 4 is 0 Å². The van der Waals surface area contributed by atoms with Crippen LogP contribution in [0.25, 0.3) is 5.69 Å². The monoisotopic (exact) mass is 284 g/mol. The van der Waals surface area contributed by atoms with Gasteiger partial charge in [-0.05, 0) is 45.5 Å². The van der Waals surface area contributed by atoms with Crippen molar-refractivity contribution in [3.05, 3.63) is 48.0 Å². The molecule has 3 rings (SSSR count). The molecule has 21 heavy (non-hydrogen) atoms. The average molecular weight is 284 g/mol. The molecule has 0 aliphatic carbocycles. The number of hydrogen-bond donors (Lipinski definition) is 1. The van der Waals surface area contributed by atoms with Crippen LogP contribution in [0.5, 0.6) is 0 Å². The lowest BCUT2D eigenvalue weighted by Crippen LogP contribution is -2.44. The van der Waals surface area contributed by atoms with Crippen LogP contribution in [0, 0.1) is 6.92 Å². The van der Waals surface area contributed by atoms with Gasteiger partial charge in [-0.2, -0.15) is 0 Å². The van der Waals surface area contributed by atoms with Gasteiger partial charge in [0.05, 0.1) is 11.9 Å². The number of imidazole rings is 1. The van der Waals surface area contributed by atoms with Gasteiger partial charge in [-0.25, -0.2) is 4.98 Å². The van der Waals surface area contributed by atoms with Gasteiger partial charge in [0.15, 0.2) is 0 Å². The van der Waals surface area contributed by atoms with E-state index in [1.807, 2.05) is 6.20 Å². The molecular formula is C17H24N4. The summed E-state index contributed by atoms with van der Waals surface area (Å²) in [4.78, 5) is 7.05. The van der Waals surface area contributed by atoms with E-state index in [4.69, 9.17) is 0 Å². The van der Waals surface area contributed by atoms with E-state index in [1.54, 1.807) is 0 Å². The Morgan fingerprint density at radius 3 is 2.86 bits per heavy atom. The van der Waals surface area contributed by atoms with Crippen molar-refractivity contribution in [2.45, 2.75) is 32.4 Å². The van der Waals surface area contributed by atoms with Gasteiger partial charge in [0.1, 0.15) is 5.82 Å². The smallest absolute Gasteiger partial charge is 0.110 e. The van der Waals surface area contributed by atoms with Gasteiger partial charge in [0.2, 0.25) is 0 Å². The van der Waals surface area contributed by atoms with Gasteiger partial charge in [-0.3, -0.25) is 9.47 Å². The van der Waals surface area contributed by atoms with E-state index < -0.39 is 0 Å². The number of nitrogens with zero attached hydrogens (tertiary/aromatic N) is 3. The number of aromatic nitrogens is 2. The maximum absolute atomic E-state index is 4.52. The van der Waals surface area contributed by atoms with E-state index in [1.165, 1.54) is 30.8 Å². The Morgan fingerprint density at radius 1 is 1.29 bits per heavy atom. The highest BCUT2D eigenvalue weighted by Gasteiger charge is 2.20. The molecule has 1 aromatic heterocycles. The van der Waals surface area contributed by atoms with E-state index >= 15 is 0 Å². The molecule has 0 saturated carbocycles. The zero-order valence-corrected chi connectivity index (χ0v) is 12.9. The van der Waals surface area contributed by atoms with Crippen LogP contribution < -0.4 is 5.32 Å². The molecule has 1 N–H and O–H groups in total. The molecule has 1 unspecified atom stereocenters. The molecule has 2 aromatic rings. The normalized spacial score (nSPS) is 19.8. The second-order valence-electron chi connectivity index (χ2n) is 5.83. The van der Waals surface area contributed by atoms with Crippen molar-refractivity contribution in [2.75, 3.05) is 20.1 Å².